The minimum atomic E-state index is -0.581. The van der Waals surface area contributed by atoms with Crippen LogP contribution in [0.25, 0.3) is 0 Å². The molecule has 3 rings (SSSR count). The summed E-state index contributed by atoms with van der Waals surface area (Å²) in [5.74, 6) is 0.690. The van der Waals surface area contributed by atoms with Crippen LogP contribution >= 0.6 is 27.7 Å². The van der Waals surface area contributed by atoms with E-state index in [0.29, 0.717) is 18.4 Å². The summed E-state index contributed by atoms with van der Waals surface area (Å²) in [6, 6.07) is 0.355. The normalized spacial score (nSPS) is 38.5. The highest BCUT2D eigenvalue weighted by molar-refractivity contribution is 9.09. The molecule has 4 unspecified atom stereocenters. The molecule has 1 saturated carbocycles. The SMILES string of the molecule is O=C(COC(=O)C1CCC(Br)O1)NC1NC(C2CCC(O)CC2)CS1. The molecular formula is C16H25BrN2O5S. The number of ether oxygens (including phenoxy) is 2. The topological polar surface area (TPSA) is 96.9 Å². The van der Waals surface area contributed by atoms with E-state index in [1.54, 1.807) is 11.8 Å². The average molecular weight is 437 g/mol. The van der Waals surface area contributed by atoms with Gasteiger partial charge in [-0.2, -0.15) is 0 Å². The summed E-state index contributed by atoms with van der Waals surface area (Å²) in [6.45, 7) is -0.287. The van der Waals surface area contributed by atoms with Gasteiger partial charge < -0.3 is 19.9 Å². The van der Waals surface area contributed by atoms with Crippen LogP contribution in [0.4, 0.5) is 0 Å². The van der Waals surface area contributed by atoms with Crippen LogP contribution in [0, 0.1) is 5.92 Å². The minimum Gasteiger partial charge on any atom is -0.454 e. The molecule has 3 N–H and O–H groups in total. The van der Waals surface area contributed by atoms with Crippen LogP contribution in [-0.2, 0) is 19.1 Å². The van der Waals surface area contributed by atoms with E-state index in [4.69, 9.17) is 9.47 Å². The molecule has 2 saturated heterocycles. The first-order chi connectivity index (χ1) is 12.0. The lowest BCUT2D eigenvalue weighted by molar-refractivity contribution is -0.157. The molecule has 3 fully saturated rings. The van der Waals surface area contributed by atoms with Crippen molar-refractivity contribution < 1.29 is 24.2 Å². The second kappa shape index (κ2) is 9.03. The largest absolute Gasteiger partial charge is 0.454 e. The molecule has 9 heteroatoms. The van der Waals surface area contributed by atoms with E-state index in [0.717, 1.165) is 37.9 Å². The summed E-state index contributed by atoms with van der Waals surface area (Å²) in [5, 5.41) is 15.8. The highest BCUT2D eigenvalue weighted by Crippen LogP contribution is 2.32. The van der Waals surface area contributed by atoms with Gasteiger partial charge in [0, 0.05) is 11.8 Å². The Hall–Kier alpha value is -0.350. The molecule has 0 spiro atoms. The molecule has 4 atom stereocenters. The van der Waals surface area contributed by atoms with Crippen LogP contribution in [0.3, 0.4) is 0 Å². The number of alkyl halides is 1. The number of carbonyl (C=O) groups excluding carboxylic acids is 2. The van der Waals surface area contributed by atoms with Crippen molar-refractivity contribution in [2.45, 2.75) is 67.3 Å². The number of esters is 1. The molecule has 0 aromatic rings. The van der Waals surface area contributed by atoms with Crippen molar-refractivity contribution in [3.63, 3.8) is 0 Å². The Labute approximate surface area is 160 Å². The minimum absolute atomic E-state index is 0.115. The third kappa shape index (κ3) is 5.56. The van der Waals surface area contributed by atoms with Crippen LogP contribution in [0.5, 0.6) is 0 Å². The Morgan fingerprint density at radius 3 is 2.68 bits per heavy atom. The number of aliphatic hydroxyl groups is 1. The van der Waals surface area contributed by atoms with Gasteiger partial charge in [-0.3, -0.25) is 10.1 Å². The highest BCUT2D eigenvalue weighted by Gasteiger charge is 2.34. The smallest absolute Gasteiger partial charge is 0.335 e. The van der Waals surface area contributed by atoms with E-state index >= 15 is 0 Å². The second-order valence-corrected chi connectivity index (χ2v) is 9.00. The molecule has 0 bridgehead atoms. The number of halogens is 1. The molecule has 1 amide bonds. The molecular weight excluding hydrogens is 412 g/mol. The first-order valence-corrected chi connectivity index (χ1v) is 10.8. The Balaban J connectivity index is 1.34. The number of aliphatic hydroxyl groups excluding tert-OH is 1. The summed E-state index contributed by atoms with van der Waals surface area (Å²) >= 11 is 4.95. The van der Waals surface area contributed by atoms with E-state index in [-0.39, 0.29) is 29.1 Å². The summed E-state index contributed by atoms with van der Waals surface area (Å²) in [6.07, 6.45) is 4.39. The molecule has 25 heavy (non-hydrogen) atoms. The van der Waals surface area contributed by atoms with E-state index in [1.165, 1.54) is 0 Å². The van der Waals surface area contributed by atoms with Crippen molar-refractivity contribution >= 4 is 39.6 Å². The first-order valence-electron chi connectivity index (χ1n) is 8.82. The van der Waals surface area contributed by atoms with Gasteiger partial charge in [-0.05, 0) is 44.4 Å². The predicted octanol–water partition coefficient (Wildman–Crippen LogP) is 1.09. The van der Waals surface area contributed by atoms with Gasteiger partial charge in [-0.15, -0.1) is 11.8 Å². The van der Waals surface area contributed by atoms with Gasteiger partial charge in [-0.1, -0.05) is 15.9 Å². The summed E-state index contributed by atoms with van der Waals surface area (Å²) < 4.78 is 10.4. The molecule has 3 aliphatic rings. The molecule has 2 heterocycles. The summed E-state index contributed by atoms with van der Waals surface area (Å²) in [7, 11) is 0. The third-order valence-electron chi connectivity index (χ3n) is 4.99. The lowest BCUT2D eigenvalue weighted by atomic mass is 9.83. The van der Waals surface area contributed by atoms with Crippen molar-refractivity contribution in [3.8, 4) is 0 Å². The first kappa shape index (κ1) is 19.4. The van der Waals surface area contributed by atoms with Crippen molar-refractivity contribution in [2.75, 3.05) is 12.4 Å². The van der Waals surface area contributed by atoms with Crippen molar-refractivity contribution in [1.29, 1.82) is 0 Å². The molecule has 0 aromatic carbocycles. The standard InChI is InChI=1S/C16H25BrN2O5S/c17-13-6-5-12(24-13)15(22)23-7-14(21)19-16-18-11(8-25-16)9-1-3-10(20)4-2-9/h9-13,16,18,20H,1-8H2,(H,19,21). The number of nitrogens with one attached hydrogen (secondary N) is 2. The molecule has 2 aliphatic heterocycles. The van der Waals surface area contributed by atoms with Crippen LogP contribution in [0.15, 0.2) is 0 Å². The fraction of sp³-hybridized carbons (Fsp3) is 0.875. The maximum atomic E-state index is 12.0. The van der Waals surface area contributed by atoms with Crippen molar-refractivity contribution in [2.24, 2.45) is 5.92 Å². The molecule has 1 aliphatic carbocycles. The number of rotatable bonds is 5. The Kier molecular flexibility index (Phi) is 7.01. The van der Waals surface area contributed by atoms with Gasteiger partial charge in [0.05, 0.1) is 6.10 Å². The molecule has 0 aromatic heterocycles. The van der Waals surface area contributed by atoms with Gasteiger partial charge >= 0.3 is 5.97 Å². The van der Waals surface area contributed by atoms with Crippen molar-refractivity contribution in [1.82, 2.24) is 10.6 Å². The lowest BCUT2D eigenvalue weighted by Crippen LogP contribution is -2.47. The van der Waals surface area contributed by atoms with Gasteiger partial charge in [-0.25, -0.2) is 4.79 Å². The number of hydrogen-bond donors (Lipinski definition) is 3. The average Bonchev–Trinajstić information content (AvgIpc) is 3.22. The number of amides is 1. The van der Waals surface area contributed by atoms with Gasteiger partial charge in [0.25, 0.3) is 5.91 Å². The maximum Gasteiger partial charge on any atom is 0.335 e. The van der Waals surface area contributed by atoms with Gasteiger partial charge in [0.2, 0.25) is 0 Å². The summed E-state index contributed by atoms with van der Waals surface area (Å²) in [5.41, 5.74) is -0.155. The predicted molar refractivity (Wildman–Crippen MR) is 97.1 cm³/mol. The second-order valence-electron chi connectivity index (χ2n) is 6.84. The third-order valence-corrected chi connectivity index (χ3v) is 6.80. The van der Waals surface area contributed by atoms with E-state index < -0.39 is 12.1 Å². The summed E-state index contributed by atoms with van der Waals surface area (Å²) in [4.78, 5) is 23.8. The van der Waals surface area contributed by atoms with Crippen molar-refractivity contribution in [3.05, 3.63) is 0 Å². The van der Waals surface area contributed by atoms with Crippen LogP contribution in [-0.4, -0.2) is 58.1 Å². The van der Waals surface area contributed by atoms with E-state index in [9.17, 15) is 14.7 Å². The Morgan fingerprint density at radius 1 is 1.24 bits per heavy atom. The van der Waals surface area contributed by atoms with Gasteiger partial charge in [0.15, 0.2) is 12.7 Å². The number of thioether (sulfide) groups is 1. The zero-order valence-corrected chi connectivity index (χ0v) is 16.4. The monoisotopic (exact) mass is 436 g/mol. The number of hydrogen-bond acceptors (Lipinski definition) is 7. The fourth-order valence-corrected chi connectivity index (χ4v) is 5.32. The quantitative estimate of drug-likeness (QED) is 0.438. The Bertz CT molecular complexity index is 489. The molecule has 142 valence electrons. The highest BCUT2D eigenvalue weighted by atomic mass is 79.9. The lowest BCUT2D eigenvalue weighted by Gasteiger charge is -2.30. The zero-order valence-electron chi connectivity index (χ0n) is 14.0. The van der Waals surface area contributed by atoms with Gasteiger partial charge in [0.1, 0.15) is 10.5 Å². The zero-order chi connectivity index (χ0) is 17.8. The van der Waals surface area contributed by atoms with Crippen LogP contribution < -0.4 is 10.6 Å². The van der Waals surface area contributed by atoms with E-state index in [2.05, 4.69) is 26.6 Å². The molecule has 7 nitrogen and oxygen atoms in total. The van der Waals surface area contributed by atoms with Crippen LogP contribution in [0.2, 0.25) is 0 Å². The fourth-order valence-electron chi connectivity index (χ4n) is 3.54. The van der Waals surface area contributed by atoms with Crippen LogP contribution in [0.1, 0.15) is 38.5 Å². The molecule has 0 radical (unpaired) electrons. The Morgan fingerprint density at radius 2 is 2.00 bits per heavy atom. The van der Waals surface area contributed by atoms with E-state index in [1.807, 2.05) is 0 Å². The maximum absolute atomic E-state index is 12.0. The number of carbonyl (C=O) groups is 2.